The largest absolute Gasteiger partial charge is 0.387 e. The van der Waals surface area contributed by atoms with Crippen LogP contribution in [0.15, 0.2) is 60.7 Å². The number of nitrogens with zero attached hydrogens (tertiary/aromatic N) is 1. The number of hydrogen-bond acceptors (Lipinski definition) is 3. The van der Waals surface area contributed by atoms with Crippen LogP contribution in [0, 0.1) is 5.92 Å². The third kappa shape index (κ3) is 4.94. The second-order valence-electron chi connectivity index (χ2n) is 10.7. The lowest BCUT2D eigenvalue weighted by atomic mass is 9.74. The first-order valence-corrected chi connectivity index (χ1v) is 14.6. The van der Waals surface area contributed by atoms with Crippen LogP contribution in [0.25, 0.3) is 0 Å². The lowest BCUT2D eigenvalue weighted by Gasteiger charge is -2.66. The van der Waals surface area contributed by atoms with Gasteiger partial charge in [0.25, 0.3) is 5.91 Å². The lowest BCUT2D eigenvalue weighted by molar-refractivity contribution is -0.357. The average Bonchev–Trinajstić information content (AvgIpc) is 2.64. The van der Waals surface area contributed by atoms with Gasteiger partial charge in [-0.3, -0.25) is 4.79 Å². The van der Waals surface area contributed by atoms with Crippen LogP contribution in [-0.4, -0.2) is 36.6 Å². The molecule has 1 heterocycles. The van der Waals surface area contributed by atoms with Crippen molar-refractivity contribution >= 4 is 14.2 Å². The number of carbonyl (C=O) groups excluding carboxylic acids is 1. The zero-order valence-corrected chi connectivity index (χ0v) is 21.2. The summed E-state index contributed by atoms with van der Waals surface area (Å²) < 4.78 is 13.7. The maximum atomic E-state index is 13.8. The number of hydrogen-bond donors (Lipinski definition) is 0. The topological polar surface area (TPSA) is 38.8 Å². The van der Waals surface area contributed by atoms with Crippen molar-refractivity contribution in [3.8, 4) is 0 Å². The van der Waals surface area contributed by atoms with E-state index in [-0.39, 0.29) is 23.9 Å². The minimum atomic E-state index is -2.03. The second kappa shape index (κ2) is 8.53. The molecule has 0 spiro atoms. The molecule has 0 aromatic heterocycles. The Kier molecular flexibility index (Phi) is 6.52. The van der Waals surface area contributed by atoms with Crippen LogP contribution < -0.4 is 0 Å². The van der Waals surface area contributed by atoms with Gasteiger partial charge in [-0.15, -0.1) is 0 Å². The smallest absolute Gasteiger partial charge is 0.255 e. The summed E-state index contributed by atoms with van der Waals surface area (Å²) >= 11 is 0. The van der Waals surface area contributed by atoms with Crippen molar-refractivity contribution < 1.29 is 14.0 Å². The summed E-state index contributed by atoms with van der Waals surface area (Å²) in [7, 11) is -2.03. The Hall–Kier alpha value is -1.95. The van der Waals surface area contributed by atoms with Gasteiger partial charge in [0.05, 0.1) is 11.6 Å². The summed E-state index contributed by atoms with van der Waals surface area (Å²) in [5, 5.41) is 0. The van der Waals surface area contributed by atoms with Gasteiger partial charge in [0.1, 0.15) is 6.04 Å². The predicted octanol–water partition coefficient (Wildman–Crippen LogP) is 6.27. The molecule has 0 radical (unpaired) electrons. The number of carbonyl (C=O) groups is 1. The van der Waals surface area contributed by atoms with Crippen molar-refractivity contribution in [3.63, 3.8) is 0 Å². The van der Waals surface area contributed by atoms with E-state index < -0.39 is 19.7 Å². The number of rotatable bonds is 6. The molecule has 1 aliphatic heterocycles. The molecule has 0 aliphatic carbocycles. The molecule has 1 saturated heterocycles. The highest BCUT2D eigenvalue weighted by molar-refractivity contribution is 6.69. The summed E-state index contributed by atoms with van der Waals surface area (Å²) in [6.45, 7) is 17.0. The summed E-state index contributed by atoms with van der Waals surface area (Å²) in [6.07, 6.45) is 0. The van der Waals surface area contributed by atoms with Gasteiger partial charge < -0.3 is 14.1 Å². The van der Waals surface area contributed by atoms with Crippen LogP contribution in [0.5, 0.6) is 0 Å². The monoisotopic (exact) mass is 439 g/mol. The standard InChI is InChI=1S/C26H37NO3Si/c1-19(2)22-26(29-25(3,4)5,30-31(6,7)8)23(20-15-11-9-12-16-20)27(22)24(28)21-17-13-10-14-18-21/h9-19,22-23H,1-8H3/t22-,23+,26+/m0/s1. The van der Waals surface area contributed by atoms with E-state index >= 15 is 0 Å². The molecule has 1 amide bonds. The van der Waals surface area contributed by atoms with E-state index in [1.165, 1.54) is 0 Å². The molecular weight excluding hydrogens is 402 g/mol. The third-order valence-electron chi connectivity index (χ3n) is 5.30. The first-order valence-electron chi connectivity index (χ1n) is 11.2. The zero-order valence-electron chi connectivity index (χ0n) is 20.2. The van der Waals surface area contributed by atoms with E-state index in [4.69, 9.17) is 9.16 Å². The number of amides is 1. The van der Waals surface area contributed by atoms with E-state index in [9.17, 15) is 4.79 Å². The SMILES string of the molecule is CC(C)[C@@H]1N(C(=O)c2ccccc2)[C@H](c2ccccc2)[C@]1(OC(C)(C)C)O[Si](C)(C)C. The van der Waals surface area contributed by atoms with Gasteiger partial charge in [0.15, 0.2) is 8.32 Å². The van der Waals surface area contributed by atoms with Crippen molar-refractivity contribution in [3.05, 3.63) is 71.8 Å². The predicted molar refractivity (Wildman–Crippen MR) is 128 cm³/mol. The minimum absolute atomic E-state index is 0.0143. The fourth-order valence-electron chi connectivity index (χ4n) is 4.63. The van der Waals surface area contributed by atoms with Crippen molar-refractivity contribution in [1.82, 2.24) is 4.90 Å². The van der Waals surface area contributed by atoms with E-state index in [2.05, 4.69) is 66.4 Å². The first-order chi connectivity index (χ1) is 14.4. The van der Waals surface area contributed by atoms with Gasteiger partial charge in [0, 0.05) is 5.56 Å². The highest BCUT2D eigenvalue weighted by atomic mass is 28.4. The van der Waals surface area contributed by atoms with Crippen molar-refractivity contribution in [2.75, 3.05) is 0 Å². The molecule has 0 saturated carbocycles. The molecule has 168 valence electrons. The van der Waals surface area contributed by atoms with Crippen molar-refractivity contribution in [2.45, 2.75) is 77.7 Å². The zero-order chi connectivity index (χ0) is 23.0. The average molecular weight is 440 g/mol. The number of ether oxygens (including phenoxy) is 1. The van der Waals surface area contributed by atoms with E-state index in [0.29, 0.717) is 5.56 Å². The highest BCUT2D eigenvalue weighted by Gasteiger charge is 2.68. The van der Waals surface area contributed by atoms with Crippen LogP contribution in [0.1, 0.15) is 56.6 Å². The number of benzene rings is 2. The van der Waals surface area contributed by atoms with Gasteiger partial charge in [-0.2, -0.15) is 0 Å². The summed E-state index contributed by atoms with van der Waals surface area (Å²) in [5.74, 6) is -0.727. The molecule has 1 aliphatic rings. The van der Waals surface area contributed by atoms with E-state index in [1.807, 2.05) is 53.4 Å². The van der Waals surface area contributed by atoms with Crippen LogP contribution >= 0.6 is 0 Å². The molecule has 0 unspecified atom stereocenters. The van der Waals surface area contributed by atoms with Gasteiger partial charge in [-0.1, -0.05) is 62.4 Å². The van der Waals surface area contributed by atoms with Gasteiger partial charge in [-0.05, 0) is 64.0 Å². The number of likely N-dealkylation sites (tertiary alicyclic amines) is 1. The Bertz CT molecular complexity index is 868. The second-order valence-corrected chi connectivity index (χ2v) is 15.2. The lowest BCUT2D eigenvalue weighted by Crippen LogP contribution is -2.78. The molecule has 5 heteroatoms. The molecule has 3 rings (SSSR count). The molecule has 31 heavy (non-hydrogen) atoms. The molecule has 0 N–H and O–H groups in total. The fraction of sp³-hybridized carbons (Fsp3) is 0.500. The normalized spacial score (nSPS) is 24.2. The maximum Gasteiger partial charge on any atom is 0.255 e. The van der Waals surface area contributed by atoms with E-state index in [0.717, 1.165) is 5.56 Å². The van der Waals surface area contributed by atoms with Gasteiger partial charge in [-0.25, -0.2) is 0 Å². The molecule has 4 nitrogen and oxygen atoms in total. The summed E-state index contributed by atoms with van der Waals surface area (Å²) in [4.78, 5) is 15.8. The quantitative estimate of drug-likeness (QED) is 0.393. The maximum absolute atomic E-state index is 13.8. The van der Waals surface area contributed by atoms with Crippen LogP contribution in [0.2, 0.25) is 19.6 Å². The Morgan fingerprint density at radius 1 is 0.968 bits per heavy atom. The fourth-order valence-corrected chi connectivity index (χ4v) is 5.86. The first kappa shape index (κ1) is 23.7. The van der Waals surface area contributed by atoms with E-state index in [1.54, 1.807) is 0 Å². The summed E-state index contributed by atoms with van der Waals surface area (Å²) in [5.41, 5.74) is 1.29. The van der Waals surface area contributed by atoms with Gasteiger partial charge >= 0.3 is 0 Å². The summed E-state index contributed by atoms with van der Waals surface area (Å²) in [6, 6.07) is 19.2. The molecular formula is C26H37NO3Si. The molecule has 2 aromatic rings. The van der Waals surface area contributed by atoms with Gasteiger partial charge in [0.2, 0.25) is 5.79 Å². The van der Waals surface area contributed by atoms with Crippen LogP contribution in [-0.2, 0) is 9.16 Å². The highest BCUT2D eigenvalue weighted by Crippen LogP contribution is 2.56. The Morgan fingerprint density at radius 3 is 1.94 bits per heavy atom. The van der Waals surface area contributed by atoms with Crippen molar-refractivity contribution in [2.24, 2.45) is 5.92 Å². The Balaban J connectivity index is 2.20. The van der Waals surface area contributed by atoms with Crippen molar-refractivity contribution in [1.29, 1.82) is 0 Å². The molecule has 0 bridgehead atoms. The Morgan fingerprint density at radius 2 is 1.48 bits per heavy atom. The molecule has 2 aromatic carbocycles. The van der Waals surface area contributed by atoms with Crippen LogP contribution in [0.3, 0.4) is 0 Å². The third-order valence-corrected chi connectivity index (χ3v) is 6.24. The molecule has 1 fully saturated rings. The molecule has 3 atom stereocenters. The Labute approximate surface area is 188 Å². The van der Waals surface area contributed by atoms with Crippen LogP contribution in [0.4, 0.5) is 0 Å². The minimum Gasteiger partial charge on any atom is -0.387 e.